The van der Waals surface area contributed by atoms with Crippen molar-refractivity contribution in [2.45, 2.75) is 109 Å². The highest BCUT2D eigenvalue weighted by Gasteiger charge is 2.57. The Bertz CT molecular complexity index is 958. The van der Waals surface area contributed by atoms with Crippen LogP contribution in [0.3, 0.4) is 0 Å². The predicted molar refractivity (Wildman–Crippen MR) is 139 cm³/mol. The van der Waals surface area contributed by atoms with Crippen molar-refractivity contribution in [3.63, 3.8) is 0 Å². The molecule has 10 heteroatoms. The van der Waals surface area contributed by atoms with Crippen molar-refractivity contribution >= 4 is 11.8 Å². The first kappa shape index (κ1) is 27.9. The fourth-order valence-corrected chi connectivity index (χ4v) is 6.48. The summed E-state index contributed by atoms with van der Waals surface area (Å²) in [5.41, 5.74) is 7.41. The van der Waals surface area contributed by atoms with E-state index in [1.807, 2.05) is 39.0 Å². The number of pyridine rings is 1. The number of amides is 2. The number of likely N-dealkylation sites (tertiary alicyclic amines) is 1. The highest BCUT2D eigenvalue weighted by molar-refractivity contribution is 5.91. The van der Waals surface area contributed by atoms with E-state index in [2.05, 4.69) is 21.3 Å². The highest BCUT2D eigenvalue weighted by Crippen LogP contribution is 2.46. The number of rotatable bonds is 5. The van der Waals surface area contributed by atoms with Crippen LogP contribution in [0.1, 0.15) is 89.6 Å². The van der Waals surface area contributed by atoms with Crippen LogP contribution in [0, 0.1) is 5.41 Å². The van der Waals surface area contributed by atoms with Crippen molar-refractivity contribution in [2.24, 2.45) is 5.41 Å². The molecule has 1 spiro atoms. The first-order valence-electron chi connectivity index (χ1n) is 13.7. The van der Waals surface area contributed by atoms with E-state index < -0.39 is 29.1 Å². The van der Waals surface area contributed by atoms with Gasteiger partial charge in [-0.1, -0.05) is 58.9 Å². The van der Waals surface area contributed by atoms with Gasteiger partial charge in [0.05, 0.1) is 35.7 Å². The summed E-state index contributed by atoms with van der Waals surface area (Å²) in [6.45, 7) is 6.15. The Hall–Kier alpha value is -2.11. The lowest BCUT2D eigenvalue weighted by molar-refractivity contribution is -0.152. The SMILES string of the molecule is CNC(=O)[C@@H]1C[C@@H](O)CN1C(=O)[C@@H](N1NNC(c2cccc(CO)n2)C12CCCCCCC2)C(C)(C)C. The van der Waals surface area contributed by atoms with Crippen LogP contribution in [0.15, 0.2) is 18.2 Å². The van der Waals surface area contributed by atoms with Gasteiger partial charge in [0.15, 0.2) is 0 Å². The molecule has 4 rings (SSSR count). The van der Waals surface area contributed by atoms with Crippen molar-refractivity contribution in [3.8, 4) is 0 Å². The van der Waals surface area contributed by atoms with Gasteiger partial charge < -0.3 is 20.4 Å². The summed E-state index contributed by atoms with van der Waals surface area (Å²) in [6, 6.07) is 4.24. The van der Waals surface area contributed by atoms with Gasteiger partial charge in [-0.3, -0.25) is 14.6 Å². The summed E-state index contributed by atoms with van der Waals surface area (Å²) in [5.74, 6) is -0.417. The zero-order valence-corrected chi connectivity index (χ0v) is 22.7. The normalized spacial score (nSPS) is 27.6. The maximum absolute atomic E-state index is 14.4. The molecule has 1 saturated carbocycles. The molecule has 10 nitrogen and oxygen atoms in total. The molecule has 206 valence electrons. The summed E-state index contributed by atoms with van der Waals surface area (Å²) in [7, 11) is 1.56. The summed E-state index contributed by atoms with van der Waals surface area (Å²) < 4.78 is 0. The van der Waals surface area contributed by atoms with E-state index in [4.69, 9.17) is 4.98 Å². The van der Waals surface area contributed by atoms with E-state index in [0.29, 0.717) is 5.69 Å². The molecule has 3 heterocycles. The van der Waals surface area contributed by atoms with E-state index in [1.165, 1.54) is 6.42 Å². The standard InChI is InChI=1S/C27H44N6O4/c1-26(2,3)23(25(37)32-16-19(35)15-21(32)24(36)28-4)33-27(13-8-6-5-7-9-14-27)22(30-31-33)20-12-10-11-18(17-34)29-20/h10-12,19,21-23,30-31,34-35H,5-9,13-17H2,1-4H3,(H,28,36)/t19-,21+,22?,23-/m1/s1. The van der Waals surface area contributed by atoms with Crippen molar-refractivity contribution in [1.29, 1.82) is 0 Å². The van der Waals surface area contributed by atoms with E-state index >= 15 is 0 Å². The summed E-state index contributed by atoms with van der Waals surface area (Å²) >= 11 is 0. The number of nitrogens with zero attached hydrogens (tertiary/aromatic N) is 3. The number of aliphatic hydroxyl groups is 2. The third-order valence-electron chi connectivity index (χ3n) is 8.28. The minimum Gasteiger partial charge on any atom is -0.391 e. The van der Waals surface area contributed by atoms with Crippen molar-refractivity contribution in [3.05, 3.63) is 29.6 Å². The number of hydrazine groups is 2. The van der Waals surface area contributed by atoms with Crippen molar-refractivity contribution in [2.75, 3.05) is 13.6 Å². The molecule has 0 radical (unpaired) electrons. The molecule has 1 unspecified atom stereocenters. The van der Waals surface area contributed by atoms with Gasteiger partial charge in [-0.2, -0.15) is 5.53 Å². The fraction of sp³-hybridized carbons (Fsp3) is 0.741. The molecular weight excluding hydrogens is 472 g/mol. The molecule has 4 atom stereocenters. The van der Waals surface area contributed by atoms with Crippen LogP contribution in [0.2, 0.25) is 0 Å². The summed E-state index contributed by atoms with van der Waals surface area (Å²) in [4.78, 5) is 33.3. The van der Waals surface area contributed by atoms with Gasteiger partial charge in [-0.25, -0.2) is 10.4 Å². The Balaban J connectivity index is 1.76. The largest absolute Gasteiger partial charge is 0.391 e. The predicted octanol–water partition coefficient (Wildman–Crippen LogP) is 1.55. The average Bonchev–Trinajstić information content (AvgIpc) is 3.41. The number of β-amino-alcohol motifs (C(OH)–C–C–N with tert-alkyl or cyclic N) is 1. The maximum Gasteiger partial charge on any atom is 0.242 e. The van der Waals surface area contributed by atoms with Gasteiger partial charge in [0.25, 0.3) is 0 Å². The molecule has 0 bridgehead atoms. The molecule has 1 aromatic rings. The van der Waals surface area contributed by atoms with Crippen molar-refractivity contribution < 1.29 is 19.8 Å². The van der Waals surface area contributed by atoms with E-state index in [1.54, 1.807) is 11.9 Å². The molecule has 2 aliphatic heterocycles. The van der Waals surface area contributed by atoms with Gasteiger partial charge >= 0.3 is 0 Å². The molecule has 3 aliphatic rings. The Kier molecular flexibility index (Phi) is 8.55. The van der Waals surface area contributed by atoms with E-state index in [9.17, 15) is 19.8 Å². The molecule has 37 heavy (non-hydrogen) atoms. The van der Waals surface area contributed by atoms with Crippen LogP contribution in [0.4, 0.5) is 0 Å². The number of hydrogen-bond donors (Lipinski definition) is 5. The molecule has 2 amide bonds. The van der Waals surface area contributed by atoms with Crippen molar-refractivity contribution in [1.82, 2.24) is 31.2 Å². The Morgan fingerprint density at radius 2 is 1.86 bits per heavy atom. The topological polar surface area (TPSA) is 130 Å². The maximum atomic E-state index is 14.4. The van der Waals surface area contributed by atoms with Crippen LogP contribution in [-0.4, -0.2) is 74.2 Å². The quantitative estimate of drug-likeness (QED) is 0.399. The number of hydrogen-bond acceptors (Lipinski definition) is 8. The summed E-state index contributed by atoms with van der Waals surface area (Å²) in [6.07, 6.45) is 6.81. The third kappa shape index (κ3) is 5.54. The second kappa shape index (κ2) is 11.3. The van der Waals surface area contributed by atoms with Crippen LogP contribution < -0.4 is 16.3 Å². The van der Waals surface area contributed by atoms with Gasteiger partial charge in [-0.05, 0) is 30.4 Å². The van der Waals surface area contributed by atoms with Crippen LogP contribution in [0.5, 0.6) is 0 Å². The molecule has 0 aromatic carbocycles. The van der Waals surface area contributed by atoms with Crippen LogP contribution in [-0.2, 0) is 16.2 Å². The minimum absolute atomic E-state index is 0.133. The second-order valence-electron chi connectivity index (χ2n) is 11.9. The molecule has 1 aliphatic carbocycles. The molecular formula is C27H44N6O4. The second-order valence-corrected chi connectivity index (χ2v) is 11.9. The zero-order valence-electron chi connectivity index (χ0n) is 22.7. The monoisotopic (exact) mass is 516 g/mol. The summed E-state index contributed by atoms with van der Waals surface area (Å²) in [5, 5.41) is 24.9. The van der Waals surface area contributed by atoms with E-state index in [-0.39, 0.29) is 37.4 Å². The molecule has 1 aromatic heterocycles. The fourth-order valence-electron chi connectivity index (χ4n) is 6.48. The van der Waals surface area contributed by atoms with Crippen LogP contribution >= 0.6 is 0 Å². The average molecular weight is 517 g/mol. The molecule has 5 N–H and O–H groups in total. The lowest BCUT2D eigenvalue weighted by Crippen LogP contribution is -2.65. The lowest BCUT2D eigenvalue weighted by atomic mass is 9.74. The minimum atomic E-state index is -0.731. The number of aliphatic hydroxyl groups excluding tert-OH is 2. The van der Waals surface area contributed by atoms with Gasteiger partial charge in [-0.15, -0.1) is 0 Å². The third-order valence-corrected chi connectivity index (χ3v) is 8.28. The molecule has 3 fully saturated rings. The van der Waals surface area contributed by atoms with Gasteiger partial charge in [0, 0.05) is 20.0 Å². The van der Waals surface area contributed by atoms with Gasteiger partial charge in [0.2, 0.25) is 11.8 Å². The van der Waals surface area contributed by atoms with Crippen LogP contribution in [0.25, 0.3) is 0 Å². The number of aromatic nitrogens is 1. The van der Waals surface area contributed by atoms with E-state index in [0.717, 1.165) is 44.2 Å². The molecule has 2 saturated heterocycles. The first-order valence-corrected chi connectivity index (χ1v) is 13.7. The zero-order chi connectivity index (χ0) is 26.8. The Morgan fingerprint density at radius 3 is 2.49 bits per heavy atom. The number of likely N-dealkylation sites (N-methyl/N-ethyl adjacent to an activating group) is 1. The van der Waals surface area contributed by atoms with Gasteiger partial charge in [0.1, 0.15) is 12.1 Å². The number of nitrogens with one attached hydrogen (secondary N) is 3. The first-order chi connectivity index (χ1) is 17.6. The highest BCUT2D eigenvalue weighted by atomic mass is 16.3. The number of carbonyl (C=O) groups is 2. The lowest BCUT2D eigenvalue weighted by Gasteiger charge is -2.49. The number of carbonyl (C=O) groups excluding carboxylic acids is 2. The Labute approximate surface area is 220 Å². The smallest absolute Gasteiger partial charge is 0.242 e. The Morgan fingerprint density at radius 1 is 1.19 bits per heavy atom.